The van der Waals surface area contributed by atoms with Crippen LogP contribution >= 0.6 is 0 Å². The third-order valence-corrected chi connectivity index (χ3v) is 9.36. The Morgan fingerprint density at radius 3 is 2.25 bits per heavy atom. The number of carbonyl (C=O) groups excluding carboxylic acids is 1. The molecule has 1 aliphatic carbocycles. The minimum absolute atomic E-state index is 0.122. The second-order valence-electron chi connectivity index (χ2n) is 10.5. The summed E-state index contributed by atoms with van der Waals surface area (Å²) in [6.07, 6.45) is 9.13. The van der Waals surface area contributed by atoms with E-state index in [1.165, 1.54) is 36.5 Å². The molecule has 1 atom stereocenters. The fourth-order valence-electron chi connectivity index (χ4n) is 5.83. The maximum Gasteiger partial charge on any atom is 0.253 e. The Balaban J connectivity index is 1.36. The molecule has 1 saturated carbocycles. The van der Waals surface area contributed by atoms with Crippen LogP contribution in [-0.2, 0) is 15.4 Å². The zero-order valence-electron chi connectivity index (χ0n) is 19.9. The average Bonchev–Trinajstić information content (AvgIpc) is 2.75. The van der Waals surface area contributed by atoms with E-state index in [1.807, 2.05) is 29.2 Å². The van der Waals surface area contributed by atoms with Crippen LogP contribution in [0.2, 0.25) is 0 Å². The predicted molar refractivity (Wildman–Crippen MR) is 128 cm³/mol. The number of sulfonamides is 1. The highest BCUT2D eigenvalue weighted by molar-refractivity contribution is 7.88. The average molecular weight is 462 g/mol. The molecule has 3 aliphatic rings. The third-order valence-electron chi connectivity index (χ3n) is 8.10. The number of benzene rings is 1. The number of likely N-dealkylation sites (N-methyl/N-ethyl adjacent to an activating group) is 1. The lowest BCUT2D eigenvalue weighted by Gasteiger charge is -2.44. The maximum atomic E-state index is 13.1. The second kappa shape index (κ2) is 9.43. The highest BCUT2D eigenvalue weighted by atomic mass is 32.2. The van der Waals surface area contributed by atoms with E-state index in [4.69, 9.17) is 0 Å². The zero-order chi connectivity index (χ0) is 22.9. The van der Waals surface area contributed by atoms with Crippen molar-refractivity contribution in [2.45, 2.75) is 63.3 Å². The number of amides is 1. The lowest BCUT2D eigenvalue weighted by atomic mass is 9.64. The van der Waals surface area contributed by atoms with Crippen molar-refractivity contribution in [1.29, 1.82) is 0 Å². The first-order valence-electron chi connectivity index (χ1n) is 12.2. The van der Waals surface area contributed by atoms with Crippen molar-refractivity contribution < 1.29 is 13.2 Å². The van der Waals surface area contributed by atoms with E-state index in [0.717, 1.165) is 62.2 Å². The molecule has 0 N–H and O–H groups in total. The van der Waals surface area contributed by atoms with Crippen LogP contribution in [0.15, 0.2) is 24.3 Å². The summed E-state index contributed by atoms with van der Waals surface area (Å²) < 4.78 is 25.3. The maximum absolute atomic E-state index is 13.1. The van der Waals surface area contributed by atoms with Gasteiger partial charge in [-0.3, -0.25) is 9.69 Å². The number of carbonyl (C=O) groups is 1. The molecule has 0 bridgehead atoms. The van der Waals surface area contributed by atoms with Crippen LogP contribution in [-0.4, -0.2) is 80.5 Å². The minimum atomic E-state index is -3.20. The summed E-state index contributed by atoms with van der Waals surface area (Å²) in [6, 6.07) is 8.59. The molecular formula is C25H39N3O3S. The SMILES string of the molecule is CC1CCCN(C2CCN(C(=O)c3ccc(C4(CN(C)S(C)(=O)=O)CCC4)cc3)CC2)C1. The molecule has 4 rings (SSSR count). The molecule has 1 aromatic carbocycles. The van der Waals surface area contributed by atoms with Crippen molar-refractivity contribution in [3.63, 3.8) is 0 Å². The van der Waals surface area contributed by atoms with Crippen LogP contribution in [0.5, 0.6) is 0 Å². The molecule has 7 heteroatoms. The van der Waals surface area contributed by atoms with Crippen LogP contribution in [0.25, 0.3) is 0 Å². The summed E-state index contributed by atoms with van der Waals surface area (Å²) in [6.45, 7) is 6.93. The molecule has 3 fully saturated rings. The Morgan fingerprint density at radius 1 is 1.06 bits per heavy atom. The Morgan fingerprint density at radius 2 is 1.72 bits per heavy atom. The first-order chi connectivity index (χ1) is 15.2. The monoisotopic (exact) mass is 461 g/mol. The Kier molecular flexibility index (Phi) is 6.99. The van der Waals surface area contributed by atoms with Crippen molar-refractivity contribution in [2.75, 3.05) is 46.0 Å². The first-order valence-corrected chi connectivity index (χ1v) is 14.1. The number of rotatable bonds is 6. The molecule has 0 radical (unpaired) electrons. The normalized spacial score (nSPS) is 25.0. The van der Waals surface area contributed by atoms with Gasteiger partial charge in [0.25, 0.3) is 5.91 Å². The van der Waals surface area contributed by atoms with Gasteiger partial charge in [0.15, 0.2) is 0 Å². The van der Waals surface area contributed by atoms with Gasteiger partial charge in [-0.2, -0.15) is 0 Å². The van der Waals surface area contributed by atoms with Gasteiger partial charge in [-0.15, -0.1) is 0 Å². The number of piperidine rings is 2. The van der Waals surface area contributed by atoms with Gasteiger partial charge < -0.3 is 4.90 Å². The van der Waals surface area contributed by atoms with E-state index in [-0.39, 0.29) is 11.3 Å². The first kappa shape index (κ1) is 23.7. The van der Waals surface area contributed by atoms with Crippen LogP contribution in [0, 0.1) is 5.92 Å². The lowest BCUT2D eigenvalue weighted by Crippen LogP contribution is -2.49. The summed E-state index contributed by atoms with van der Waals surface area (Å²) in [7, 11) is -1.55. The zero-order valence-corrected chi connectivity index (χ0v) is 20.7. The lowest BCUT2D eigenvalue weighted by molar-refractivity contribution is 0.0542. The van der Waals surface area contributed by atoms with Gasteiger partial charge in [0, 0.05) is 50.2 Å². The van der Waals surface area contributed by atoms with Gasteiger partial charge in [0.05, 0.1) is 6.26 Å². The van der Waals surface area contributed by atoms with Crippen molar-refractivity contribution in [2.24, 2.45) is 5.92 Å². The van der Waals surface area contributed by atoms with E-state index in [0.29, 0.717) is 12.6 Å². The number of hydrogen-bond donors (Lipinski definition) is 0. The second-order valence-corrected chi connectivity index (χ2v) is 12.6. The van der Waals surface area contributed by atoms with Crippen molar-refractivity contribution in [1.82, 2.24) is 14.1 Å². The van der Waals surface area contributed by atoms with Gasteiger partial charge >= 0.3 is 0 Å². The quantitative estimate of drug-likeness (QED) is 0.652. The predicted octanol–water partition coefficient (Wildman–Crippen LogP) is 3.34. The van der Waals surface area contributed by atoms with E-state index in [2.05, 4.69) is 11.8 Å². The van der Waals surface area contributed by atoms with Crippen molar-refractivity contribution >= 4 is 15.9 Å². The van der Waals surface area contributed by atoms with Crippen molar-refractivity contribution in [3.05, 3.63) is 35.4 Å². The van der Waals surface area contributed by atoms with Crippen molar-refractivity contribution in [3.8, 4) is 0 Å². The van der Waals surface area contributed by atoms with E-state index >= 15 is 0 Å². The molecule has 2 heterocycles. The summed E-state index contributed by atoms with van der Waals surface area (Å²) in [5.74, 6) is 0.913. The van der Waals surface area contributed by atoms with E-state index in [1.54, 1.807) is 7.05 Å². The largest absolute Gasteiger partial charge is 0.339 e. The fourth-order valence-corrected chi connectivity index (χ4v) is 6.31. The van der Waals surface area contributed by atoms with E-state index in [9.17, 15) is 13.2 Å². The summed E-state index contributed by atoms with van der Waals surface area (Å²) in [4.78, 5) is 17.8. The molecule has 2 saturated heterocycles. The molecule has 32 heavy (non-hydrogen) atoms. The van der Waals surface area contributed by atoms with Gasteiger partial charge in [0.2, 0.25) is 10.0 Å². The Hall–Kier alpha value is -1.44. The fraction of sp³-hybridized carbons (Fsp3) is 0.720. The molecule has 1 amide bonds. The Bertz CT molecular complexity index is 903. The topological polar surface area (TPSA) is 60.9 Å². The molecular weight excluding hydrogens is 422 g/mol. The summed E-state index contributed by atoms with van der Waals surface area (Å²) in [5, 5.41) is 0. The van der Waals surface area contributed by atoms with E-state index < -0.39 is 10.0 Å². The minimum Gasteiger partial charge on any atom is -0.339 e. The number of nitrogens with zero attached hydrogens (tertiary/aromatic N) is 3. The van der Waals surface area contributed by atoms with Gasteiger partial charge in [-0.1, -0.05) is 25.5 Å². The van der Waals surface area contributed by atoms with Gasteiger partial charge in [-0.25, -0.2) is 12.7 Å². The van der Waals surface area contributed by atoms with Crippen LogP contribution < -0.4 is 0 Å². The molecule has 178 valence electrons. The number of likely N-dealkylation sites (tertiary alicyclic amines) is 2. The highest BCUT2D eigenvalue weighted by Gasteiger charge is 2.41. The summed E-state index contributed by atoms with van der Waals surface area (Å²) in [5.41, 5.74) is 1.77. The smallest absolute Gasteiger partial charge is 0.253 e. The molecule has 0 aromatic heterocycles. The van der Waals surface area contributed by atoms with Gasteiger partial charge in [0.1, 0.15) is 0 Å². The molecule has 1 aromatic rings. The van der Waals surface area contributed by atoms with Crippen LogP contribution in [0.3, 0.4) is 0 Å². The van der Waals surface area contributed by atoms with Gasteiger partial charge in [-0.05, 0) is 68.7 Å². The number of hydrogen-bond acceptors (Lipinski definition) is 4. The Labute approximate surface area is 194 Å². The molecule has 1 unspecified atom stereocenters. The highest BCUT2D eigenvalue weighted by Crippen LogP contribution is 2.44. The standard InChI is InChI=1S/C25H39N3O3S/c1-20-6-4-15-28(18-20)23-11-16-27(17-12-23)24(29)21-7-9-22(10-8-21)25(13-5-14-25)19-26(2)32(3,30)31/h7-10,20,23H,4-6,11-19H2,1-3H3. The molecule has 2 aliphatic heterocycles. The molecule has 0 spiro atoms. The third kappa shape index (κ3) is 5.05. The van der Waals surface area contributed by atoms with Crippen LogP contribution in [0.1, 0.15) is 67.8 Å². The summed E-state index contributed by atoms with van der Waals surface area (Å²) >= 11 is 0. The molecule has 6 nitrogen and oxygen atoms in total. The van der Waals surface area contributed by atoms with Crippen LogP contribution in [0.4, 0.5) is 0 Å².